The number of carbonyl (C=O) groups excluding carboxylic acids is 1. The van der Waals surface area contributed by atoms with Crippen molar-refractivity contribution < 1.29 is 14.3 Å². The number of rotatable bonds is 6. The van der Waals surface area contributed by atoms with Gasteiger partial charge in [0.1, 0.15) is 17.6 Å². The molecule has 29 heavy (non-hydrogen) atoms. The van der Waals surface area contributed by atoms with Crippen LogP contribution in [0.1, 0.15) is 25.5 Å². The SMILES string of the molecule is CC1(C)[C@H](C(=O)O[C@H](C#N)c2cccc(Oc3ccccc3)c2)[C@@H]1C=C(Br)Br.[PbH2]. The van der Waals surface area contributed by atoms with E-state index in [2.05, 4.69) is 37.9 Å². The van der Waals surface area contributed by atoms with Gasteiger partial charge in [-0.3, -0.25) is 4.79 Å². The van der Waals surface area contributed by atoms with Crippen molar-refractivity contribution in [2.75, 3.05) is 0 Å². The van der Waals surface area contributed by atoms with E-state index in [1.807, 2.05) is 50.3 Å². The Morgan fingerprint density at radius 2 is 1.79 bits per heavy atom. The summed E-state index contributed by atoms with van der Waals surface area (Å²) in [5.74, 6) is 0.683. The Bertz CT molecular complexity index is 937. The Morgan fingerprint density at radius 3 is 2.41 bits per heavy atom. The predicted octanol–water partition coefficient (Wildman–Crippen LogP) is 5.57. The summed E-state index contributed by atoms with van der Waals surface area (Å²) >= 11 is 6.68. The van der Waals surface area contributed by atoms with E-state index in [1.165, 1.54) is 0 Å². The molecule has 150 valence electrons. The number of para-hydroxylation sites is 1. The number of hydrogen-bond acceptors (Lipinski definition) is 4. The zero-order valence-electron chi connectivity index (χ0n) is 16.1. The Kier molecular flexibility index (Phi) is 8.50. The first-order chi connectivity index (χ1) is 13.3. The van der Waals surface area contributed by atoms with Crippen LogP contribution in [0.4, 0.5) is 0 Å². The minimum atomic E-state index is -0.986. The predicted molar refractivity (Wildman–Crippen MR) is 123 cm³/mol. The van der Waals surface area contributed by atoms with Gasteiger partial charge < -0.3 is 9.47 Å². The van der Waals surface area contributed by atoms with Crippen molar-refractivity contribution in [3.63, 3.8) is 0 Å². The van der Waals surface area contributed by atoms with E-state index in [4.69, 9.17) is 9.47 Å². The second-order valence-electron chi connectivity index (χ2n) is 7.21. The van der Waals surface area contributed by atoms with Crippen LogP contribution in [0.3, 0.4) is 0 Å². The number of halogens is 2. The van der Waals surface area contributed by atoms with Gasteiger partial charge in [-0.15, -0.1) is 0 Å². The summed E-state index contributed by atoms with van der Waals surface area (Å²) in [6, 6.07) is 18.5. The third kappa shape index (κ3) is 5.92. The molecule has 0 amide bonds. The molecule has 1 saturated carbocycles. The van der Waals surface area contributed by atoms with Crippen molar-refractivity contribution in [1.29, 1.82) is 5.26 Å². The van der Waals surface area contributed by atoms with Crippen LogP contribution >= 0.6 is 31.9 Å². The van der Waals surface area contributed by atoms with Crippen molar-refractivity contribution in [3.05, 3.63) is 69.6 Å². The van der Waals surface area contributed by atoms with Crippen LogP contribution in [-0.4, -0.2) is 33.3 Å². The molecule has 2 aromatic rings. The molecule has 4 nitrogen and oxygen atoms in total. The molecule has 1 aliphatic carbocycles. The molecule has 7 heteroatoms. The Hall–Kier alpha value is -1.18. The summed E-state index contributed by atoms with van der Waals surface area (Å²) in [5.41, 5.74) is 0.374. The Morgan fingerprint density at radius 1 is 1.14 bits per heavy atom. The van der Waals surface area contributed by atoms with E-state index in [0.717, 1.165) is 3.39 Å². The standard InChI is InChI=1S/C22H19Br2NO3.Pb.2H/c1-22(2)17(12-19(23)24)20(22)21(26)28-18(13-25)14-7-6-10-16(11-14)27-15-8-4-3-5-9-15;;;/h3-12,17-18,20H,1-2H3;;;/t17-,18+,20-;;;/m0.../s1. The monoisotopic (exact) mass is 713 g/mol. The molecule has 0 heterocycles. The van der Waals surface area contributed by atoms with Crippen molar-refractivity contribution >= 4 is 65.1 Å². The van der Waals surface area contributed by atoms with Gasteiger partial charge in [-0.05, 0) is 67.5 Å². The zero-order valence-corrected chi connectivity index (χ0v) is 24.8. The summed E-state index contributed by atoms with van der Waals surface area (Å²) in [5, 5.41) is 9.56. The van der Waals surface area contributed by atoms with Gasteiger partial charge in [0.25, 0.3) is 0 Å². The van der Waals surface area contributed by atoms with Crippen LogP contribution in [0.25, 0.3) is 0 Å². The van der Waals surface area contributed by atoms with Crippen molar-refractivity contribution in [2.45, 2.75) is 20.0 Å². The number of carbonyl (C=O) groups is 1. The molecule has 1 aliphatic rings. The molecule has 2 radical (unpaired) electrons. The number of esters is 1. The minimum absolute atomic E-state index is 0. The Labute approximate surface area is 207 Å². The molecular formula is C22H21Br2NO3Pb. The van der Waals surface area contributed by atoms with Crippen molar-refractivity contribution in [1.82, 2.24) is 0 Å². The summed E-state index contributed by atoms with van der Waals surface area (Å²) in [7, 11) is 0. The number of hydrogen-bond donors (Lipinski definition) is 0. The van der Waals surface area contributed by atoms with Crippen LogP contribution in [0.2, 0.25) is 0 Å². The molecule has 0 bridgehead atoms. The van der Waals surface area contributed by atoms with Crippen LogP contribution in [0, 0.1) is 28.6 Å². The molecular weight excluding hydrogens is 693 g/mol. The van der Waals surface area contributed by atoms with Gasteiger partial charge in [0.15, 0.2) is 0 Å². The maximum absolute atomic E-state index is 12.7. The number of ether oxygens (including phenoxy) is 2. The summed E-state index contributed by atoms with van der Waals surface area (Å²) < 4.78 is 12.2. The quantitative estimate of drug-likeness (QED) is 0.290. The molecule has 0 saturated heterocycles. The van der Waals surface area contributed by atoms with Gasteiger partial charge in [-0.1, -0.05) is 50.3 Å². The fourth-order valence-corrected chi connectivity index (χ4v) is 3.87. The van der Waals surface area contributed by atoms with Crippen LogP contribution in [0.5, 0.6) is 11.5 Å². The summed E-state index contributed by atoms with van der Waals surface area (Å²) in [6.45, 7) is 4.03. The fourth-order valence-electron chi connectivity index (χ4n) is 3.30. The topological polar surface area (TPSA) is 59.3 Å². The van der Waals surface area contributed by atoms with E-state index in [9.17, 15) is 10.1 Å². The average Bonchev–Trinajstić information content (AvgIpc) is 3.20. The van der Waals surface area contributed by atoms with Gasteiger partial charge in [-0.2, -0.15) is 5.26 Å². The van der Waals surface area contributed by atoms with Gasteiger partial charge in [-0.25, -0.2) is 0 Å². The van der Waals surface area contributed by atoms with Crippen molar-refractivity contribution in [3.8, 4) is 17.6 Å². The molecule has 3 atom stereocenters. The zero-order chi connectivity index (χ0) is 20.3. The summed E-state index contributed by atoms with van der Waals surface area (Å²) in [6.07, 6.45) is 0.960. The van der Waals surface area contributed by atoms with E-state index in [1.54, 1.807) is 24.3 Å². The molecule has 0 N–H and O–H groups in total. The third-order valence-corrected chi connectivity index (χ3v) is 5.49. The first-order valence-corrected chi connectivity index (χ1v) is 10.4. The van der Waals surface area contributed by atoms with Crippen LogP contribution in [0.15, 0.2) is 64.1 Å². The molecule has 1 fully saturated rings. The second-order valence-corrected chi connectivity index (χ2v) is 9.99. The van der Waals surface area contributed by atoms with Gasteiger partial charge >= 0.3 is 33.3 Å². The number of benzene rings is 2. The van der Waals surface area contributed by atoms with E-state index in [-0.39, 0.29) is 50.5 Å². The fraction of sp³-hybridized carbons (Fsp3) is 0.273. The van der Waals surface area contributed by atoms with E-state index >= 15 is 0 Å². The molecule has 0 unspecified atom stereocenters. The second kappa shape index (κ2) is 10.2. The van der Waals surface area contributed by atoms with Gasteiger partial charge in [0.2, 0.25) is 6.10 Å². The van der Waals surface area contributed by atoms with E-state index in [0.29, 0.717) is 17.1 Å². The molecule has 2 aromatic carbocycles. The molecule has 0 spiro atoms. The first-order valence-electron chi connectivity index (χ1n) is 8.78. The molecule has 3 rings (SSSR count). The first kappa shape index (κ1) is 24.1. The average molecular weight is 714 g/mol. The number of allylic oxidation sites excluding steroid dienone is 1. The van der Waals surface area contributed by atoms with E-state index < -0.39 is 6.10 Å². The van der Waals surface area contributed by atoms with Crippen LogP contribution in [-0.2, 0) is 9.53 Å². The normalized spacial score (nSPS) is 19.7. The molecule has 0 aromatic heterocycles. The summed E-state index contributed by atoms with van der Waals surface area (Å²) in [4.78, 5) is 12.7. The molecule has 0 aliphatic heterocycles. The number of nitriles is 1. The van der Waals surface area contributed by atoms with Crippen LogP contribution < -0.4 is 4.74 Å². The van der Waals surface area contributed by atoms with Crippen molar-refractivity contribution in [2.24, 2.45) is 17.3 Å². The van der Waals surface area contributed by atoms with Gasteiger partial charge in [0.05, 0.1) is 9.31 Å². The number of nitrogens with zero attached hydrogens (tertiary/aromatic N) is 1. The maximum atomic E-state index is 12.7. The van der Waals surface area contributed by atoms with Gasteiger partial charge in [0, 0.05) is 5.56 Å². The Balaban J connectivity index is 0.00000300. The third-order valence-electron chi connectivity index (χ3n) is 4.96.